The van der Waals surface area contributed by atoms with E-state index in [2.05, 4.69) is 45.8 Å². The molecule has 138 valence electrons. The topological polar surface area (TPSA) is 130 Å². The smallest absolute Gasteiger partial charge is 0.254 e. The highest BCUT2D eigenvalue weighted by molar-refractivity contribution is 5.84. The Morgan fingerprint density at radius 1 is 1.15 bits per heavy atom. The molecule has 0 fully saturated rings. The minimum absolute atomic E-state index is 0.286. The SMILES string of the molecule is Cc1cc(Nc2nc(N[C@@H](C)c3ncc(F)cn3)nc3oc(C)nc23)n[nH]1. The van der Waals surface area contributed by atoms with E-state index in [9.17, 15) is 4.39 Å². The summed E-state index contributed by atoms with van der Waals surface area (Å²) in [5.74, 6) is 1.70. The maximum Gasteiger partial charge on any atom is 0.254 e. The molecule has 27 heavy (non-hydrogen) atoms. The van der Waals surface area contributed by atoms with E-state index in [1.807, 2.05) is 19.9 Å². The van der Waals surface area contributed by atoms with E-state index in [-0.39, 0.29) is 12.0 Å². The lowest BCUT2D eigenvalue weighted by Crippen LogP contribution is -2.13. The second-order valence-electron chi connectivity index (χ2n) is 5.97. The number of rotatable bonds is 5. The number of hydrogen-bond donors (Lipinski definition) is 3. The van der Waals surface area contributed by atoms with Gasteiger partial charge in [0.2, 0.25) is 5.95 Å². The molecule has 0 saturated carbocycles. The zero-order chi connectivity index (χ0) is 19.0. The van der Waals surface area contributed by atoms with E-state index in [0.717, 1.165) is 18.1 Å². The van der Waals surface area contributed by atoms with Crippen LogP contribution in [0.3, 0.4) is 0 Å². The van der Waals surface area contributed by atoms with Gasteiger partial charge in [-0.2, -0.15) is 15.1 Å². The van der Waals surface area contributed by atoms with Crippen molar-refractivity contribution in [1.29, 1.82) is 0 Å². The van der Waals surface area contributed by atoms with Crippen molar-refractivity contribution in [3.05, 3.63) is 41.7 Å². The summed E-state index contributed by atoms with van der Waals surface area (Å²) in [6.45, 7) is 5.44. The molecule has 0 saturated heterocycles. The van der Waals surface area contributed by atoms with Crippen molar-refractivity contribution in [1.82, 2.24) is 35.1 Å². The molecule has 0 aliphatic rings. The maximum atomic E-state index is 13.0. The molecule has 10 nitrogen and oxygen atoms in total. The Kier molecular flexibility index (Phi) is 4.11. The number of hydrogen-bond acceptors (Lipinski definition) is 9. The van der Waals surface area contributed by atoms with Crippen LogP contribution in [0, 0.1) is 19.7 Å². The molecule has 0 aromatic carbocycles. The van der Waals surface area contributed by atoms with Crippen LogP contribution >= 0.6 is 0 Å². The van der Waals surface area contributed by atoms with E-state index in [1.54, 1.807) is 6.92 Å². The van der Waals surface area contributed by atoms with Crippen molar-refractivity contribution in [3.63, 3.8) is 0 Å². The van der Waals surface area contributed by atoms with Crippen molar-refractivity contribution in [3.8, 4) is 0 Å². The fourth-order valence-electron chi connectivity index (χ4n) is 2.49. The van der Waals surface area contributed by atoms with Gasteiger partial charge in [-0.05, 0) is 13.8 Å². The van der Waals surface area contributed by atoms with Gasteiger partial charge in [-0.1, -0.05) is 0 Å². The molecule has 0 aliphatic heterocycles. The number of nitrogens with zero attached hydrogens (tertiary/aromatic N) is 6. The Bertz CT molecular complexity index is 1090. The number of aromatic amines is 1. The summed E-state index contributed by atoms with van der Waals surface area (Å²) in [6, 6.07) is 1.48. The second-order valence-corrected chi connectivity index (χ2v) is 5.97. The lowest BCUT2D eigenvalue weighted by atomic mass is 10.3. The predicted octanol–water partition coefficient (Wildman–Crippen LogP) is 2.80. The average Bonchev–Trinajstić information content (AvgIpc) is 3.20. The number of H-pyrrole nitrogens is 1. The number of halogens is 1. The fourth-order valence-corrected chi connectivity index (χ4v) is 2.49. The van der Waals surface area contributed by atoms with Crippen LogP contribution in [-0.4, -0.2) is 35.1 Å². The van der Waals surface area contributed by atoms with Gasteiger partial charge in [0.15, 0.2) is 28.9 Å². The van der Waals surface area contributed by atoms with Gasteiger partial charge >= 0.3 is 0 Å². The third kappa shape index (κ3) is 3.52. The highest BCUT2D eigenvalue weighted by Gasteiger charge is 2.17. The first kappa shape index (κ1) is 16.8. The van der Waals surface area contributed by atoms with Crippen LogP contribution in [0.2, 0.25) is 0 Å². The summed E-state index contributed by atoms with van der Waals surface area (Å²) in [5, 5.41) is 13.2. The van der Waals surface area contributed by atoms with Crippen LogP contribution in [-0.2, 0) is 0 Å². The summed E-state index contributed by atoms with van der Waals surface area (Å²) >= 11 is 0. The van der Waals surface area contributed by atoms with E-state index in [1.165, 1.54) is 0 Å². The molecule has 0 radical (unpaired) electrons. The quantitative estimate of drug-likeness (QED) is 0.486. The van der Waals surface area contributed by atoms with Gasteiger partial charge in [0.05, 0.1) is 18.4 Å². The maximum absolute atomic E-state index is 13.0. The molecule has 0 unspecified atom stereocenters. The van der Waals surface area contributed by atoms with E-state index in [4.69, 9.17) is 4.42 Å². The fraction of sp³-hybridized carbons (Fsp3) is 0.250. The van der Waals surface area contributed by atoms with E-state index < -0.39 is 5.82 Å². The monoisotopic (exact) mass is 369 g/mol. The summed E-state index contributed by atoms with van der Waals surface area (Å²) < 4.78 is 18.6. The molecule has 1 atom stereocenters. The molecule has 4 aromatic rings. The molecule has 4 aromatic heterocycles. The van der Waals surface area contributed by atoms with Crippen LogP contribution in [0.5, 0.6) is 0 Å². The molecule has 0 spiro atoms. The Balaban J connectivity index is 1.67. The Morgan fingerprint density at radius 2 is 1.93 bits per heavy atom. The number of oxazole rings is 1. The molecule has 0 bridgehead atoms. The predicted molar refractivity (Wildman–Crippen MR) is 95.0 cm³/mol. The summed E-state index contributed by atoms with van der Waals surface area (Å²) in [6.07, 6.45) is 2.22. The van der Waals surface area contributed by atoms with Crippen LogP contribution in [0.25, 0.3) is 11.2 Å². The zero-order valence-corrected chi connectivity index (χ0v) is 14.8. The van der Waals surface area contributed by atoms with Crippen molar-refractivity contribution < 1.29 is 8.81 Å². The molecule has 3 N–H and O–H groups in total. The lowest BCUT2D eigenvalue weighted by molar-refractivity contribution is 0.551. The molecule has 0 aliphatic carbocycles. The largest absolute Gasteiger partial charge is 0.422 e. The van der Waals surface area contributed by atoms with Crippen molar-refractivity contribution in [2.45, 2.75) is 26.8 Å². The average molecular weight is 369 g/mol. The molecule has 11 heteroatoms. The van der Waals surface area contributed by atoms with Crippen LogP contribution in [0.1, 0.15) is 30.4 Å². The number of anilines is 3. The first-order chi connectivity index (χ1) is 13.0. The third-order valence-corrected chi connectivity index (χ3v) is 3.69. The van der Waals surface area contributed by atoms with Gasteiger partial charge in [-0.25, -0.2) is 19.3 Å². The van der Waals surface area contributed by atoms with Crippen LogP contribution < -0.4 is 10.6 Å². The second kappa shape index (κ2) is 6.59. The summed E-state index contributed by atoms with van der Waals surface area (Å²) in [4.78, 5) is 21.0. The lowest BCUT2D eigenvalue weighted by Gasteiger charge is -2.13. The molecule has 0 amide bonds. The van der Waals surface area contributed by atoms with Gasteiger partial charge < -0.3 is 15.1 Å². The Labute approximate surface area is 152 Å². The van der Waals surface area contributed by atoms with Gasteiger partial charge in [-0.15, -0.1) is 0 Å². The Hall–Kier alpha value is -3.63. The van der Waals surface area contributed by atoms with Crippen molar-refractivity contribution in [2.24, 2.45) is 0 Å². The van der Waals surface area contributed by atoms with Crippen molar-refractivity contribution in [2.75, 3.05) is 10.6 Å². The van der Waals surface area contributed by atoms with Crippen LogP contribution in [0.4, 0.5) is 22.0 Å². The van der Waals surface area contributed by atoms with Crippen LogP contribution in [0.15, 0.2) is 22.9 Å². The molecule has 4 heterocycles. The first-order valence-corrected chi connectivity index (χ1v) is 8.16. The standard InChI is InChI=1S/C16H16FN9O/c1-7-4-11(26-25-7)22-14-12-15(27-9(3)21-12)24-16(23-14)20-8(2)13-18-5-10(17)6-19-13/h4-6,8H,1-3H3,(H3,20,22,23,24,25,26)/t8-/m0/s1. The molecular formula is C16H16FN9O. The first-order valence-electron chi connectivity index (χ1n) is 8.16. The highest BCUT2D eigenvalue weighted by atomic mass is 19.1. The highest BCUT2D eigenvalue weighted by Crippen LogP contribution is 2.26. The van der Waals surface area contributed by atoms with E-state index in [0.29, 0.717) is 34.6 Å². The van der Waals surface area contributed by atoms with Gasteiger partial charge in [0.25, 0.3) is 5.71 Å². The summed E-state index contributed by atoms with van der Waals surface area (Å²) in [5.41, 5.74) is 1.72. The number of aromatic nitrogens is 7. The minimum atomic E-state index is -0.499. The van der Waals surface area contributed by atoms with Gasteiger partial charge in [0, 0.05) is 18.7 Å². The summed E-state index contributed by atoms with van der Waals surface area (Å²) in [7, 11) is 0. The van der Waals surface area contributed by atoms with Gasteiger partial charge in [-0.3, -0.25) is 5.10 Å². The normalized spacial score (nSPS) is 12.3. The number of aryl methyl sites for hydroxylation is 2. The zero-order valence-electron chi connectivity index (χ0n) is 14.8. The number of nitrogens with one attached hydrogen (secondary N) is 3. The van der Waals surface area contributed by atoms with Gasteiger partial charge in [0.1, 0.15) is 5.82 Å². The van der Waals surface area contributed by atoms with E-state index >= 15 is 0 Å². The minimum Gasteiger partial charge on any atom is -0.422 e. The molecule has 4 rings (SSSR count). The number of fused-ring (bicyclic) bond motifs is 1. The van der Waals surface area contributed by atoms with Crippen molar-refractivity contribution >= 4 is 28.8 Å². The molecular weight excluding hydrogens is 353 g/mol. The Morgan fingerprint density at radius 3 is 2.63 bits per heavy atom. The third-order valence-electron chi connectivity index (χ3n) is 3.69.